The molecule has 1 N–H and O–H groups in total. The molecule has 0 unspecified atom stereocenters. The summed E-state index contributed by atoms with van der Waals surface area (Å²) in [5, 5.41) is 12.3. The number of rotatable bonds is 7. The standard InChI is InChI=1S/C24H23ClN4O2/c1-3-4-5-16-6-10-18(11-7-16)29-27-22-14-20(25)21(15-23(22)28-29)26-24(30)17-8-12-19(31-2)13-9-17/h6-15H,3-5H2,1-2H3,(H,26,30). The summed E-state index contributed by atoms with van der Waals surface area (Å²) in [5.74, 6) is 0.421. The van der Waals surface area contributed by atoms with E-state index in [1.165, 1.54) is 18.4 Å². The summed E-state index contributed by atoms with van der Waals surface area (Å²) in [5.41, 5.74) is 4.46. The van der Waals surface area contributed by atoms with E-state index in [1.807, 2.05) is 12.1 Å². The van der Waals surface area contributed by atoms with Crippen LogP contribution in [0.5, 0.6) is 5.75 Å². The van der Waals surface area contributed by atoms with Crippen molar-refractivity contribution in [2.45, 2.75) is 26.2 Å². The SMILES string of the molecule is CCCCc1ccc(-n2nc3cc(Cl)c(NC(=O)c4ccc(OC)cc4)cc3n2)cc1. The molecule has 1 heterocycles. The maximum atomic E-state index is 12.6. The van der Waals surface area contributed by atoms with Gasteiger partial charge in [0.2, 0.25) is 0 Å². The highest BCUT2D eigenvalue weighted by atomic mass is 35.5. The quantitative estimate of drug-likeness (QED) is 0.406. The van der Waals surface area contributed by atoms with Crippen LogP contribution in [-0.4, -0.2) is 28.0 Å². The number of hydrogen-bond acceptors (Lipinski definition) is 4. The highest BCUT2D eigenvalue weighted by Gasteiger charge is 2.13. The number of carbonyl (C=O) groups excluding carboxylic acids is 1. The third kappa shape index (κ3) is 4.70. The van der Waals surface area contributed by atoms with E-state index in [0.717, 1.165) is 12.1 Å². The van der Waals surface area contributed by atoms with Crippen LogP contribution in [0.3, 0.4) is 0 Å². The molecule has 0 aliphatic heterocycles. The van der Waals surface area contributed by atoms with E-state index in [1.54, 1.807) is 48.3 Å². The Bertz CT molecular complexity index is 1200. The Hall–Kier alpha value is -3.38. The molecule has 0 bridgehead atoms. The Balaban J connectivity index is 1.56. The van der Waals surface area contributed by atoms with Crippen LogP contribution in [0.2, 0.25) is 5.02 Å². The Kier molecular flexibility index (Phi) is 6.18. The van der Waals surface area contributed by atoms with Gasteiger partial charge in [-0.25, -0.2) is 0 Å². The van der Waals surface area contributed by atoms with Gasteiger partial charge in [0.15, 0.2) is 0 Å². The first kappa shape index (κ1) is 20.9. The van der Waals surface area contributed by atoms with Crippen LogP contribution < -0.4 is 10.1 Å². The molecule has 0 aliphatic rings. The van der Waals surface area contributed by atoms with Gasteiger partial charge in [0.25, 0.3) is 5.91 Å². The number of methoxy groups -OCH3 is 1. The topological polar surface area (TPSA) is 69.0 Å². The van der Waals surface area contributed by atoms with Crippen molar-refractivity contribution in [3.63, 3.8) is 0 Å². The predicted octanol–water partition coefficient (Wildman–Crippen LogP) is 5.68. The second-order valence-electron chi connectivity index (χ2n) is 7.26. The summed E-state index contributed by atoms with van der Waals surface area (Å²) in [4.78, 5) is 14.2. The van der Waals surface area contributed by atoms with Gasteiger partial charge in [0.1, 0.15) is 16.8 Å². The largest absolute Gasteiger partial charge is 0.497 e. The third-order valence-corrected chi connectivity index (χ3v) is 5.37. The number of nitrogens with zero attached hydrogens (tertiary/aromatic N) is 3. The van der Waals surface area contributed by atoms with Crippen molar-refractivity contribution in [1.29, 1.82) is 0 Å². The lowest BCUT2D eigenvalue weighted by Crippen LogP contribution is -2.12. The fourth-order valence-electron chi connectivity index (χ4n) is 3.26. The average molecular weight is 435 g/mol. The highest BCUT2D eigenvalue weighted by Crippen LogP contribution is 2.27. The lowest BCUT2D eigenvalue weighted by Gasteiger charge is -2.07. The number of unbranched alkanes of at least 4 members (excludes halogenated alkanes) is 1. The molecule has 1 amide bonds. The van der Waals surface area contributed by atoms with Gasteiger partial charge >= 0.3 is 0 Å². The fraction of sp³-hybridized carbons (Fsp3) is 0.208. The number of hydrogen-bond donors (Lipinski definition) is 1. The number of halogens is 1. The molecule has 0 fully saturated rings. The number of fused-ring (bicyclic) bond motifs is 1. The maximum Gasteiger partial charge on any atom is 0.255 e. The van der Waals surface area contributed by atoms with E-state index in [0.29, 0.717) is 33.1 Å². The maximum absolute atomic E-state index is 12.6. The second-order valence-corrected chi connectivity index (χ2v) is 7.67. The van der Waals surface area contributed by atoms with Gasteiger partial charge in [0.05, 0.1) is 23.5 Å². The van der Waals surface area contributed by atoms with Crippen molar-refractivity contribution in [2.24, 2.45) is 0 Å². The van der Waals surface area contributed by atoms with Gasteiger partial charge in [-0.3, -0.25) is 4.79 Å². The first-order valence-electron chi connectivity index (χ1n) is 10.2. The summed E-state index contributed by atoms with van der Waals surface area (Å²) >= 11 is 6.40. The summed E-state index contributed by atoms with van der Waals surface area (Å²) < 4.78 is 5.13. The molecule has 1 aromatic heterocycles. The molecule has 4 aromatic rings. The van der Waals surface area contributed by atoms with Gasteiger partial charge in [-0.2, -0.15) is 4.80 Å². The van der Waals surface area contributed by atoms with Gasteiger partial charge in [-0.1, -0.05) is 37.1 Å². The van der Waals surface area contributed by atoms with E-state index in [2.05, 4.69) is 34.6 Å². The molecular weight excluding hydrogens is 412 g/mol. The lowest BCUT2D eigenvalue weighted by atomic mass is 10.1. The molecule has 3 aromatic carbocycles. The van der Waals surface area contributed by atoms with Crippen LogP contribution in [0.15, 0.2) is 60.7 Å². The van der Waals surface area contributed by atoms with Crippen LogP contribution in [0.1, 0.15) is 35.7 Å². The van der Waals surface area contributed by atoms with E-state index in [4.69, 9.17) is 16.3 Å². The molecule has 0 spiro atoms. The summed E-state index contributed by atoms with van der Waals surface area (Å²) in [6.45, 7) is 2.19. The van der Waals surface area contributed by atoms with E-state index in [9.17, 15) is 4.79 Å². The zero-order chi connectivity index (χ0) is 21.8. The van der Waals surface area contributed by atoms with Crippen LogP contribution in [-0.2, 0) is 6.42 Å². The Labute approximate surface area is 185 Å². The molecule has 7 heteroatoms. The molecule has 0 aliphatic carbocycles. The monoisotopic (exact) mass is 434 g/mol. The molecule has 31 heavy (non-hydrogen) atoms. The van der Waals surface area contributed by atoms with E-state index < -0.39 is 0 Å². The molecule has 0 saturated carbocycles. The van der Waals surface area contributed by atoms with Crippen molar-refractivity contribution in [3.05, 3.63) is 76.8 Å². The molecular formula is C24H23ClN4O2. The van der Waals surface area contributed by atoms with Crippen molar-refractivity contribution in [3.8, 4) is 11.4 Å². The van der Waals surface area contributed by atoms with E-state index >= 15 is 0 Å². The van der Waals surface area contributed by atoms with Gasteiger partial charge in [0, 0.05) is 5.56 Å². The molecule has 4 rings (SSSR count). The summed E-state index contributed by atoms with van der Waals surface area (Å²) in [6.07, 6.45) is 3.41. The number of aryl methyl sites for hydroxylation is 1. The Morgan fingerprint density at radius 2 is 1.71 bits per heavy atom. The zero-order valence-corrected chi connectivity index (χ0v) is 18.2. The van der Waals surface area contributed by atoms with Crippen molar-refractivity contribution in [2.75, 3.05) is 12.4 Å². The Morgan fingerprint density at radius 3 is 2.35 bits per heavy atom. The minimum absolute atomic E-state index is 0.265. The second kappa shape index (κ2) is 9.18. The minimum atomic E-state index is -0.265. The van der Waals surface area contributed by atoms with Crippen molar-refractivity contribution in [1.82, 2.24) is 15.0 Å². The third-order valence-electron chi connectivity index (χ3n) is 5.06. The minimum Gasteiger partial charge on any atom is -0.497 e. The Morgan fingerprint density at radius 1 is 1.03 bits per heavy atom. The van der Waals surface area contributed by atoms with Crippen LogP contribution in [0.4, 0.5) is 5.69 Å². The van der Waals surface area contributed by atoms with Gasteiger partial charge in [-0.15, -0.1) is 10.2 Å². The molecule has 6 nitrogen and oxygen atoms in total. The molecule has 0 saturated heterocycles. The van der Waals surface area contributed by atoms with Gasteiger partial charge in [-0.05, 0) is 66.9 Å². The average Bonchev–Trinajstić information content (AvgIpc) is 3.21. The highest BCUT2D eigenvalue weighted by molar-refractivity contribution is 6.34. The normalized spacial score (nSPS) is 10.9. The van der Waals surface area contributed by atoms with Crippen molar-refractivity contribution >= 4 is 34.2 Å². The number of anilines is 1. The van der Waals surface area contributed by atoms with Crippen LogP contribution in [0, 0.1) is 0 Å². The lowest BCUT2D eigenvalue weighted by molar-refractivity contribution is 0.102. The number of amides is 1. The first-order chi connectivity index (χ1) is 15.1. The number of benzene rings is 3. The number of nitrogens with one attached hydrogen (secondary N) is 1. The molecule has 0 radical (unpaired) electrons. The predicted molar refractivity (Wildman–Crippen MR) is 123 cm³/mol. The molecule has 158 valence electrons. The number of carbonyl (C=O) groups is 1. The van der Waals surface area contributed by atoms with Gasteiger partial charge < -0.3 is 10.1 Å². The first-order valence-corrected chi connectivity index (χ1v) is 10.6. The molecule has 0 atom stereocenters. The number of ether oxygens (including phenoxy) is 1. The fourth-order valence-corrected chi connectivity index (χ4v) is 3.47. The summed E-state index contributed by atoms with van der Waals surface area (Å²) in [7, 11) is 1.58. The van der Waals surface area contributed by atoms with E-state index in [-0.39, 0.29) is 5.91 Å². The number of aromatic nitrogens is 3. The smallest absolute Gasteiger partial charge is 0.255 e. The van der Waals surface area contributed by atoms with Crippen molar-refractivity contribution < 1.29 is 9.53 Å². The zero-order valence-electron chi connectivity index (χ0n) is 17.4. The summed E-state index contributed by atoms with van der Waals surface area (Å²) in [6, 6.07) is 18.5. The van der Waals surface area contributed by atoms with Crippen LogP contribution >= 0.6 is 11.6 Å². The van der Waals surface area contributed by atoms with Crippen LogP contribution in [0.25, 0.3) is 16.7 Å².